The fourth-order valence-electron chi connectivity index (χ4n) is 3.54. The van der Waals surface area contributed by atoms with E-state index in [1.807, 2.05) is 31.2 Å². The first kappa shape index (κ1) is 17.9. The van der Waals surface area contributed by atoms with Gasteiger partial charge in [0.25, 0.3) is 11.8 Å². The number of carbonyl (C=O) groups excluding carboxylic acids is 2. The average molecular weight is 374 g/mol. The van der Waals surface area contributed by atoms with E-state index in [2.05, 4.69) is 5.32 Å². The maximum absolute atomic E-state index is 13.7. The van der Waals surface area contributed by atoms with Gasteiger partial charge in [0, 0.05) is 22.9 Å². The minimum Gasteiger partial charge on any atom is -0.319 e. The van der Waals surface area contributed by atoms with Gasteiger partial charge in [-0.25, -0.2) is 4.39 Å². The third kappa shape index (κ3) is 3.27. The Bertz CT molecular complexity index is 1050. The summed E-state index contributed by atoms with van der Waals surface area (Å²) in [6, 6.07) is 20.4. The number of rotatable bonds is 3. The van der Waals surface area contributed by atoms with Crippen LogP contribution in [0.4, 0.5) is 15.8 Å². The number of fused-ring (bicyclic) bond motifs is 1. The summed E-state index contributed by atoms with van der Waals surface area (Å²) in [7, 11) is 0. The van der Waals surface area contributed by atoms with Crippen LogP contribution in [0, 0.1) is 5.82 Å². The largest absolute Gasteiger partial charge is 0.319 e. The van der Waals surface area contributed by atoms with E-state index in [4.69, 9.17) is 0 Å². The van der Waals surface area contributed by atoms with E-state index < -0.39 is 11.7 Å². The van der Waals surface area contributed by atoms with E-state index in [0.717, 1.165) is 17.7 Å². The fourth-order valence-corrected chi connectivity index (χ4v) is 3.54. The monoisotopic (exact) mass is 374 g/mol. The number of hydrogen-bond donors (Lipinski definition) is 1. The van der Waals surface area contributed by atoms with Gasteiger partial charge in [0.15, 0.2) is 0 Å². The molecule has 140 valence electrons. The summed E-state index contributed by atoms with van der Waals surface area (Å²) in [6.45, 7) is 2.02. The molecule has 1 aliphatic rings. The van der Waals surface area contributed by atoms with E-state index in [9.17, 15) is 14.0 Å². The van der Waals surface area contributed by atoms with Gasteiger partial charge < -0.3 is 10.2 Å². The van der Waals surface area contributed by atoms with Crippen molar-refractivity contribution >= 4 is 23.2 Å². The van der Waals surface area contributed by atoms with Gasteiger partial charge in [-0.2, -0.15) is 0 Å². The van der Waals surface area contributed by atoms with Crippen LogP contribution in [0.2, 0.25) is 0 Å². The van der Waals surface area contributed by atoms with Crippen LogP contribution in [0.5, 0.6) is 0 Å². The summed E-state index contributed by atoms with van der Waals surface area (Å²) >= 11 is 0. The van der Waals surface area contributed by atoms with Crippen molar-refractivity contribution in [2.75, 3.05) is 10.2 Å². The third-order valence-electron chi connectivity index (χ3n) is 4.94. The molecule has 4 rings (SSSR count). The summed E-state index contributed by atoms with van der Waals surface area (Å²) in [6.07, 6.45) is 0.824. The molecule has 3 aromatic rings. The lowest BCUT2D eigenvalue weighted by molar-refractivity contribution is 0.0978. The molecule has 1 N–H and O–H groups in total. The van der Waals surface area contributed by atoms with Crippen LogP contribution < -0.4 is 10.2 Å². The highest BCUT2D eigenvalue weighted by Gasteiger charge is 2.31. The van der Waals surface area contributed by atoms with Crippen LogP contribution in [0.3, 0.4) is 0 Å². The highest BCUT2D eigenvalue weighted by molar-refractivity contribution is 6.09. The molecule has 1 unspecified atom stereocenters. The summed E-state index contributed by atoms with van der Waals surface area (Å²) in [4.78, 5) is 27.2. The summed E-state index contributed by atoms with van der Waals surface area (Å²) in [5.41, 5.74) is 3.07. The molecule has 3 aromatic carbocycles. The second-order valence-electron chi connectivity index (χ2n) is 6.87. The Labute approximate surface area is 162 Å². The van der Waals surface area contributed by atoms with Crippen molar-refractivity contribution in [1.82, 2.24) is 0 Å². The number of nitrogens with zero attached hydrogens (tertiary/aromatic N) is 1. The Hall–Kier alpha value is -3.47. The molecule has 4 nitrogen and oxygen atoms in total. The first-order valence-electron chi connectivity index (χ1n) is 9.12. The predicted octanol–water partition coefficient (Wildman–Crippen LogP) is 4.67. The van der Waals surface area contributed by atoms with Crippen LogP contribution in [0.1, 0.15) is 33.2 Å². The van der Waals surface area contributed by atoms with Crippen molar-refractivity contribution in [3.63, 3.8) is 0 Å². The molecule has 0 aromatic heterocycles. The molecule has 0 fully saturated rings. The minimum absolute atomic E-state index is 0.0777. The van der Waals surface area contributed by atoms with E-state index in [1.165, 1.54) is 12.1 Å². The second kappa shape index (κ2) is 7.27. The SMILES string of the molecule is CC1Cc2ccccc2N1C(=O)c1ccc(C(=O)Nc2ccccc2F)cc1. The summed E-state index contributed by atoms with van der Waals surface area (Å²) in [5.74, 6) is -1.02. The number of amides is 2. The molecule has 1 heterocycles. The number of para-hydroxylation sites is 2. The highest BCUT2D eigenvalue weighted by Crippen LogP contribution is 2.33. The standard InChI is InChI=1S/C23H19FN2O2/c1-15-14-18-6-2-5-9-21(18)26(15)23(28)17-12-10-16(11-13-17)22(27)25-20-8-4-3-7-19(20)24/h2-13,15H,14H2,1H3,(H,25,27). The molecule has 0 spiro atoms. The Kier molecular flexibility index (Phi) is 4.65. The Balaban J connectivity index is 1.53. The van der Waals surface area contributed by atoms with Crippen molar-refractivity contribution in [1.29, 1.82) is 0 Å². The third-order valence-corrected chi connectivity index (χ3v) is 4.94. The number of carbonyl (C=O) groups is 2. The molecular weight excluding hydrogens is 355 g/mol. The highest BCUT2D eigenvalue weighted by atomic mass is 19.1. The Morgan fingerprint density at radius 1 is 0.929 bits per heavy atom. The molecule has 0 aliphatic carbocycles. The zero-order valence-corrected chi connectivity index (χ0v) is 15.4. The average Bonchev–Trinajstić information content (AvgIpc) is 3.05. The van der Waals surface area contributed by atoms with Crippen LogP contribution in [-0.2, 0) is 6.42 Å². The molecule has 0 saturated carbocycles. The van der Waals surface area contributed by atoms with E-state index in [1.54, 1.807) is 41.3 Å². The fraction of sp³-hybridized carbons (Fsp3) is 0.130. The number of halogens is 1. The molecule has 28 heavy (non-hydrogen) atoms. The van der Waals surface area contributed by atoms with Crippen molar-refractivity contribution < 1.29 is 14.0 Å². The van der Waals surface area contributed by atoms with Gasteiger partial charge in [-0.1, -0.05) is 30.3 Å². The Morgan fingerprint density at radius 3 is 2.32 bits per heavy atom. The predicted molar refractivity (Wildman–Crippen MR) is 107 cm³/mol. The molecular formula is C23H19FN2O2. The smallest absolute Gasteiger partial charge is 0.258 e. The van der Waals surface area contributed by atoms with Gasteiger partial charge >= 0.3 is 0 Å². The van der Waals surface area contributed by atoms with Crippen LogP contribution in [-0.4, -0.2) is 17.9 Å². The molecule has 0 bridgehead atoms. The van der Waals surface area contributed by atoms with Crippen LogP contribution >= 0.6 is 0 Å². The lowest BCUT2D eigenvalue weighted by Gasteiger charge is -2.23. The van der Waals surface area contributed by atoms with E-state index in [0.29, 0.717) is 11.1 Å². The number of benzene rings is 3. The first-order chi connectivity index (χ1) is 13.5. The Morgan fingerprint density at radius 2 is 1.57 bits per heavy atom. The van der Waals surface area contributed by atoms with Crippen molar-refractivity contribution in [3.8, 4) is 0 Å². The van der Waals surface area contributed by atoms with Gasteiger partial charge in [-0.05, 0) is 61.4 Å². The quantitative estimate of drug-likeness (QED) is 0.724. The molecule has 1 atom stereocenters. The topological polar surface area (TPSA) is 49.4 Å². The lowest BCUT2D eigenvalue weighted by atomic mass is 10.1. The van der Waals surface area contributed by atoms with Gasteiger partial charge in [0.05, 0.1) is 5.69 Å². The summed E-state index contributed by atoms with van der Waals surface area (Å²) < 4.78 is 13.7. The number of nitrogens with one attached hydrogen (secondary N) is 1. The first-order valence-corrected chi connectivity index (χ1v) is 9.12. The van der Waals surface area contributed by atoms with Gasteiger partial charge in [-0.15, -0.1) is 0 Å². The molecule has 1 aliphatic heterocycles. The van der Waals surface area contributed by atoms with Crippen molar-refractivity contribution in [3.05, 3.63) is 95.3 Å². The van der Waals surface area contributed by atoms with Crippen molar-refractivity contribution in [2.45, 2.75) is 19.4 Å². The molecule has 0 radical (unpaired) electrons. The van der Waals surface area contributed by atoms with Crippen molar-refractivity contribution in [2.24, 2.45) is 0 Å². The summed E-state index contributed by atoms with van der Waals surface area (Å²) in [5, 5.41) is 2.54. The molecule has 5 heteroatoms. The zero-order chi connectivity index (χ0) is 19.7. The van der Waals surface area contributed by atoms with Crippen LogP contribution in [0.25, 0.3) is 0 Å². The normalized spacial score (nSPS) is 15.2. The van der Waals surface area contributed by atoms with Gasteiger partial charge in [0.1, 0.15) is 5.82 Å². The number of hydrogen-bond acceptors (Lipinski definition) is 2. The van der Waals surface area contributed by atoms with E-state index in [-0.39, 0.29) is 17.6 Å². The second-order valence-corrected chi connectivity index (χ2v) is 6.87. The van der Waals surface area contributed by atoms with E-state index >= 15 is 0 Å². The van der Waals surface area contributed by atoms with Crippen LogP contribution in [0.15, 0.2) is 72.8 Å². The van der Waals surface area contributed by atoms with Gasteiger partial charge in [-0.3, -0.25) is 9.59 Å². The van der Waals surface area contributed by atoms with Gasteiger partial charge in [0.2, 0.25) is 0 Å². The number of anilines is 2. The molecule has 0 saturated heterocycles. The minimum atomic E-state index is -0.496. The molecule has 2 amide bonds. The maximum atomic E-state index is 13.7. The lowest BCUT2D eigenvalue weighted by Crippen LogP contribution is -2.35. The zero-order valence-electron chi connectivity index (χ0n) is 15.4. The maximum Gasteiger partial charge on any atom is 0.258 e.